The first-order chi connectivity index (χ1) is 5.11. The molecule has 0 spiro atoms. The zero-order valence-electron chi connectivity index (χ0n) is 5.26. The molecular weight excluding hydrogens is 267 g/mol. The highest BCUT2D eigenvalue weighted by atomic mass is 127. The molecule has 1 aromatic rings. The van der Waals surface area contributed by atoms with Gasteiger partial charge in [-0.05, 0) is 28.7 Å². The highest BCUT2D eigenvalue weighted by molar-refractivity contribution is 14.1. The molecule has 0 bridgehead atoms. The first-order valence-electron chi connectivity index (χ1n) is 2.74. The second kappa shape index (κ2) is 3.29. The first kappa shape index (κ1) is 8.63. The molecule has 0 aromatic carbocycles. The highest BCUT2D eigenvalue weighted by Gasteiger charge is 2.12. The van der Waals surface area contributed by atoms with Crippen LogP contribution in [0.1, 0.15) is 12.1 Å². The minimum atomic E-state index is -2.58. The Labute approximate surface area is 75.4 Å². The summed E-state index contributed by atoms with van der Waals surface area (Å²) in [6.45, 7) is 0. The molecule has 1 rings (SSSR count). The quantitative estimate of drug-likeness (QED) is 0.795. The third kappa shape index (κ3) is 1.98. The minimum absolute atomic E-state index is 0.0983. The predicted octanol–water partition coefficient (Wildman–Crippen LogP) is 2.33. The summed E-state index contributed by atoms with van der Waals surface area (Å²) in [6.07, 6.45) is -1.58. The maximum atomic E-state index is 12.0. The van der Waals surface area contributed by atoms with E-state index in [2.05, 4.69) is 4.98 Å². The van der Waals surface area contributed by atoms with E-state index in [0.29, 0.717) is 0 Å². The number of pyridine rings is 1. The standard InChI is InChI=1S/C6H4F2INO/c7-6(8)5-4(9)1-3(11)2-10-5/h1-2,6,11H. The number of hydrogen-bond donors (Lipinski definition) is 1. The second-order valence-electron chi connectivity index (χ2n) is 1.86. The number of aromatic hydroxyl groups is 1. The van der Waals surface area contributed by atoms with Crippen LogP contribution in [0.3, 0.4) is 0 Å². The van der Waals surface area contributed by atoms with Gasteiger partial charge in [0.2, 0.25) is 0 Å². The van der Waals surface area contributed by atoms with Gasteiger partial charge in [-0.15, -0.1) is 0 Å². The van der Waals surface area contributed by atoms with Gasteiger partial charge in [0.25, 0.3) is 6.43 Å². The number of aromatic nitrogens is 1. The van der Waals surface area contributed by atoms with Crippen molar-refractivity contribution in [1.82, 2.24) is 4.98 Å². The summed E-state index contributed by atoms with van der Waals surface area (Å²) in [5, 5.41) is 8.81. The Kier molecular flexibility index (Phi) is 2.58. The van der Waals surface area contributed by atoms with Gasteiger partial charge in [0.05, 0.1) is 6.20 Å². The van der Waals surface area contributed by atoms with E-state index in [1.54, 1.807) is 22.6 Å². The molecule has 0 fully saturated rings. The lowest BCUT2D eigenvalue weighted by Gasteiger charge is -2.00. The molecule has 0 aliphatic rings. The van der Waals surface area contributed by atoms with Crippen LogP contribution in [0, 0.1) is 3.57 Å². The molecule has 0 radical (unpaired) electrons. The Balaban J connectivity index is 3.09. The van der Waals surface area contributed by atoms with Crippen molar-refractivity contribution in [2.75, 3.05) is 0 Å². The largest absolute Gasteiger partial charge is 0.506 e. The lowest BCUT2D eigenvalue weighted by Crippen LogP contribution is -1.92. The van der Waals surface area contributed by atoms with Gasteiger partial charge in [-0.2, -0.15) is 0 Å². The van der Waals surface area contributed by atoms with Crippen LogP contribution in [0.2, 0.25) is 0 Å². The van der Waals surface area contributed by atoms with Crippen molar-refractivity contribution in [1.29, 1.82) is 0 Å². The predicted molar refractivity (Wildman–Crippen MR) is 43.6 cm³/mol. The molecule has 11 heavy (non-hydrogen) atoms. The Morgan fingerprint density at radius 1 is 1.55 bits per heavy atom. The molecule has 0 saturated heterocycles. The zero-order chi connectivity index (χ0) is 8.43. The Morgan fingerprint density at radius 3 is 2.64 bits per heavy atom. The molecule has 0 amide bonds. The van der Waals surface area contributed by atoms with Gasteiger partial charge < -0.3 is 5.11 Å². The van der Waals surface area contributed by atoms with E-state index in [0.717, 1.165) is 6.20 Å². The molecule has 0 aliphatic carbocycles. The van der Waals surface area contributed by atoms with E-state index in [-0.39, 0.29) is 15.0 Å². The van der Waals surface area contributed by atoms with Gasteiger partial charge in [-0.1, -0.05) is 0 Å². The Hall–Kier alpha value is -0.460. The molecule has 1 N–H and O–H groups in total. The average molecular weight is 271 g/mol. The molecule has 5 heteroatoms. The topological polar surface area (TPSA) is 33.1 Å². The van der Waals surface area contributed by atoms with E-state index in [9.17, 15) is 8.78 Å². The fourth-order valence-corrected chi connectivity index (χ4v) is 1.29. The van der Waals surface area contributed by atoms with Gasteiger partial charge in [0.15, 0.2) is 0 Å². The monoisotopic (exact) mass is 271 g/mol. The van der Waals surface area contributed by atoms with Crippen molar-refractivity contribution < 1.29 is 13.9 Å². The summed E-state index contributed by atoms with van der Waals surface area (Å²) in [4.78, 5) is 3.37. The normalized spacial score (nSPS) is 10.5. The molecule has 60 valence electrons. The maximum absolute atomic E-state index is 12.0. The van der Waals surface area contributed by atoms with Crippen molar-refractivity contribution in [2.45, 2.75) is 6.43 Å². The number of halogens is 3. The van der Waals surface area contributed by atoms with Crippen molar-refractivity contribution in [2.24, 2.45) is 0 Å². The smallest absolute Gasteiger partial charge is 0.281 e. The Morgan fingerprint density at radius 2 is 2.18 bits per heavy atom. The first-order valence-corrected chi connectivity index (χ1v) is 3.81. The fraction of sp³-hybridized carbons (Fsp3) is 0.167. The van der Waals surface area contributed by atoms with Crippen LogP contribution in [0.25, 0.3) is 0 Å². The third-order valence-electron chi connectivity index (χ3n) is 1.06. The van der Waals surface area contributed by atoms with E-state index in [4.69, 9.17) is 5.11 Å². The number of rotatable bonds is 1. The van der Waals surface area contributed by atoms with Gasteiger partial charge >= 0.3 is 0 Å². The van der Waals surface area contributed by atoms with Crippen molar-refractivity contribution in [3.8, 4) is 5.75 Å². The molecule has 1 aromatic heterocycles. The van der Waals surface area contributed by atoms with Crippen molar-refractivity contribution >= 4 is 22.6 Å². The van der Waals surface area contributed by atoms with E-state index < -0.39 is 6.43 Å². The van der Waals surface area contributed by atoms with Gasteiger partial charge in [-0.25, -0.2) is 8.78 Å². The minimum Gasteiger partial charge on any atom is -0.506 e. The van der Waals surface area contributed by atoms with Crippen LogP contribution in [0.5, 0.6) is 5.75 Å². The maximum Gasteiger partial charge on any atom is 0.281 e. The molecule has 1 heterocycles. The van der Waals surface area contributed by atoms with Crippen LogP contribution in [0.4, 0.5) is 8.78 Å². The van der Waals surface area contributed by atoms with E-state index in [1.807, 2.05) is 0 Å². The number of hydrogen-bond acceptors (Lipinski definition) is 2. The molecule has 2 nitrogen and oxygen atoms in total. The SMILES string of the molecule is Oc1cnc(C(F)F)c(I)c1. The number of nitrogens with zero attached hydrogens (tertiary/aromatic N) is 1. The Bertz CT molecular complexity index is 267. The zero-order valence-corrected chi connectivity index (χ0v) is 7.42. The average Bonchev–Trinajstić information content (AvgIpc) is 1.85. The third-order valence-corrected chi connectivity index (χ3v) is 1.93. The summed E-state index contributed by atoms with van der Waals surface area (Å²) < 4.78 is 24.3. The second-order valence-corrected chi connectivity index (χ2v) is 3.02. The van der Waals surface area contributed by atoms with E-state index >= 15 is 0 Å². The lowest BCUT2D eigenvalue weighted by atomic mass is 10.3. The van der Waals surface area contributed by atoms with E-state index in [1.165, 1.54) is 6.07 Å². The lowest BCUT2D eigenvalue weighted by molar-refractivity contribution is 0.145. The molecule has 0 unspecified atom stereocenters. The van der Waals surface area contributed by atoms with Crippen LogP contribution in [-0.2, 0) is 0 Å². The van der Waals surface area contributed by atoms with Crippen LogP contribution in [-0.4, -0.2) is 10.1 Å². The molecule has 0 saturated carbocycles. The van der Waals surface area contributed by atoms with Crippen molar-refractivity contribution in [3.63, 3.8) is 0 Å². The fourth-order valence-electron chi connectivity index (χ4n) is 0.599. The van der Waals surface area contributed by atoms with Gasteiger partial charge in [0.1, 0.15) is 11.4 Å². The highest BCUT2D eigenvalue weighted by Crippen LogP contribution is 2.24. The summed E-state index contributed by atoms with van der Waals surface area (Å²) in [5.41, 5.74) is -0.289. The van der Waals surface area contributed by atoms with Crippen LogP contribution in [0.15, 0.2) is 12.3 Å². The van der Waals surface area contributed by atoms with Crippen LogP contribution < -0.4 is 0 Å². The molecule has 0 aliphatic heterocycles. The molecular formula is C6H4F2INO. The van der Waals surface area contributed by atoms with Gasteiger partial charge in [0, 0.05) is 3.57 Å². The summed E-state index contributed by atoms with van der Waals surface area (Å²) >= 11 is 1.70. The summed E-state index contributed by atoms with van der Waals surface area (Å²) in [5.74, 6) is -0.0983. The molecule has 0 atom stereocenters. The summed E-state index contributed by atoms with van der Waals surface area (Å²) in [7, 11) is 0. The van der Waals surface area contributed by atoms with Crippen molar-refractivity contribution in [3.05, 3.63) is 21.5 Å². The summed E-state index contributed by atoms with van der Waals surface area (Å²) in [6, 6.07) is 1.25. The number of alkyl halides is 2. The van der Waals surface area contributed by atoms with Gasteiger partial charge in [-0.3, -0.25) is 4.98 Å². The van der Waals surface area contributed by atoms with Crippen LogP contribution >= 0.6 is 22.6 Å².